The third kappa shape index (κ3) is 9.32. The van der Waals surface area contributed by atoms with Gasteiger partial charge < -0.3 is 29.2 Å². The maximum Gasteiger partial charge on any atom is 0.352 e. The number of carboxylic acid groups (broad SMARTS) is 1. The van der Waals surface area contributed by atoms with E-state index in [1.54, 1.807) is 39.3 Å². The van der Waals surface area contributed by atoms with Crippen LogP contribution in [0.3, 0.4) is 0 Å². The van der Waals surface area contributed by atoms with Gasteiger partial charge in [0.2, 0.25) is 17.7 Å². The molecule has 358 valence electrons. The number of halogens is 3. The summed E-state index contributed by atoms with van der Waals surface area (Å²) in [6, 6.07) is 16.3. The normalized spacial score (nSPS) is 15.6. The number of ether oxygens (including phenoxy) is 1. The molecule has 9 rings (SSSR count). The number of nitrogens with one attached hydrogen (secondary N) is 2. The lowest BCUT2D eigenvalue weighted by Crippen LogP contribution is -2.52. The van der Waals surface area contributed by atoms with Crippen molar-refractivity contribution in [2.24, 2.45) is 7.05 Å². The van der Waals surface area contributed by atoms with E-state index in [9.17, 15) is 33.5 Å². The molecule has 3 aromatic heterocycles. The maximum absolute atomic E-state index is 14.0. The molecule has 0 spiro atoms. The monoisotopic (exact) mass is 1020 g/mol. The highest BCUT2D eigenvalue weighted by Gasteiger charge is 2.31. The van der Waals surface area contributed by atoms with Crippen molar-refractivity contribution < 1.29 is 38.2 Å². The zero-order valence-electron chi connectivity index (χ0n) is 38.5. The van der Waals surface area contributed by atoms with Crippen molar-refractivity contribution in [3.05, 3.63) is 110 Å². The van der Waals surface area contributed by atoms with Crippen LogP contribution in [0.1, 0.15) is 62.9 Å². The number of fused-ring (bicyclic) bond motifs is 3. The van der Waals surface area contributed by atoms with Crippen LogP contribution in [-0.4, -0.2) is 114 Å². The van der Waals surface area contributed by atoms with E-state index in [0.717, 1.165) is 38.7 Å². The zero-order chi connectivity index (χ0) is 48.8. The summed E-state index contributed by atoms with van der Waals surface area (Å²) < 4.78 is 26.2. The van der Waals surface area contributed by atoms with Gasteiger partial charge >= 0.3 is 5.97 Å². The molecule has 5 heterocycles. The van der Waals surface area contributed by atoms with E-state index >= 15 is 0 Å². The molecular weight excluding hydrogens is 973 g/mol. The average Bonchev–Trinajstić information content (AvgIpc) is 3.90. The van der Waals surface area contributed by atoms with E-state index in [1.807, 2.05) is 55.8 Å². The third-order valence-corrected chi connectivity index (χ3v) is 14.1. The number of imide groups is 1. The molecule has 2 aliphatic heterocycles. The van der Waals surface area contributed by atoms with Crippen LogP contribution in [-0.2, 0) is 40.9 Å². The lowest BCUT2D eigenvalue weighted by molar-refractivity contribution is -0.135. The Morgan fingerprint density at radius 2 is 1.74 bits per heavy atom. The lowest BCUT2D eigenvalue weighted by atomic mass is 9.98. The van der Waals surface area contributed by atoms with Gasteiger partial charge in [-0.1, -0.05) is 45.7 Å². The summed E-state index contributed by atoms with van der Waals surface area (Å²) in [7, 11) is 1.87. The average molecular weight is 1020 g/mol. The van der Waals surface area contributed by atoms with Crippen LogP contribution in [0.15, 0.2) is 65.1 Å². The number of benzene rings is 4. The van der Waals surface area contributed by atoms with E-state index < -0.39 is 23.8 Å². The largest absolute Gasteiger partial charge is 0.493 e. The van der Waals surface area contributed by atoms with Crippen LogP contribution in [0.25, 0.3) is 43.8 Å². The molecule has 0 radical (unpaired) electrons. The Hall–Kier alpha value is -6.63. The third-order valence-electron chi connectivity index (χ3n) is 13.3. The SMILES string of the molecule is Cc1nn(C)c(C)c1-c1c(Cl)ccc2c(CCCOc3cccc4cc(F)ccc34)c(C(=O)O)n(CCN3CCN(C(=O)Cn4c(C)nc5c(C(=O)NC6CCC(=O)NC6=O)cc(Br)cc54)CC3)c12. The summed E-state index contributed by atoms with van der Waals surface area (Å²) in [5.74, 6) is -1.83. The highest BCUT2D eigenvalue weighted by Crippen LogP contribution is 2.42. The molecule has 1 unspecified atom stereocenters. The topological polar surface area (TPSA) is 186 Å². The summed E-state index contributed by atoms with van der Waals surface area (Å²) in [6.45, 7) is 8.73. The molecule has 7 aromatic rings. The van der Waals surface area contributed by atoms with Crippen LogP contribution in [0.4, 0.5) is 4.39 Å². The van der Waals surface area contributed by atoms with Gasteiger partial charge in [-0.3, -0.25) is 34.1 Å². The Morgan fingerprint density at radius 1 is 0.971 bits per heavy atom. The molecular formula is C50H50BrClFN9O7. The van der Waals surface area contributed by atoms with Gasteiger partial charge in [-0.05, 0) is 93.4 Å². The summed E-state index contributed by atoms with van der Waals surface area (Å²) in [6.07, 6.45) is 1.21. The maximum atomic E-state index is 14.0. The van der Waals surface area contributed by atoms with E-state index in [1.165, 1.54) is 12.1 Å². The molecule has 2 saturated heterocycles. The fraction of sp³-hybridized carbons (Fsp3) is 0.340. The van der Waals surface area contributed by atoms with Crippen LogP contribution in [0.2, 0.25) is 5.02 Å². The predicted molar refractivity (Wildman–Crippen MR) is 262 cm³/mol. The summed E-state index contributed by atoms with van der Waals surface area (Å²) in [4.78, 5) is 73.6. The van der Waals surface area contributed by atoms with E-state index in [4.69, 9.17) is 16.3 Å². The van der Waals surface area contributed by atoms with Gasteiger partial charge in [0.1, 0.15) is 41.2 Å². The number of carbonyl (C=O) groups excluding carboxylic acids is 4. The van der Waals surface area contributed by atoms with Gasteiger partial charge in [-0.2, -0.15) is 5.10 Å². The highest BCUT2D eigenvalue weighted by atomic mass is 79.9. The second kappa shape index (κ2) is 19.4. The Morgan fingerprint density at radius 3 is 2.46 bits per heavy atom. The quantitative estimate of drug-likeness (QED) is 0.0749. The van der Waals surface area contributed by atoms with Crippen molar-refractivity contribution in [3.63, 3.8) is 0 Å². The lowest BCUT2D eigenvalue weighted by Gasteiger charge is -2.35. The molecule has 0 saturated carbocycles. The molecule has 3 N–H and O–H groups in total. The van der Waals surface area contributed by atoms with Gasteiger partial charge in [0.05, 0.1) is 33.9 Å². The number of aromatic carboxylic acids is 1. The summed E-state index contributed by atoms with van der Waals surface area (Å²) in [5.41, 5.74) is 5.96. The van der Waals surface area contributed by atoms with Crippen molar-refractivity contribution in [1.29, 1.82) is 0 Å². The van der Waals surface area contributed by atoms with Gasteiger partial charge in [-0.15, -0.1) is 0 Å². The first-order valence-electron chi connectivity index (χ1n) is 22.8. The number of imidazole rings is 1. The molecule has 2 fully saturated rings. The van der Waals surface area contributed by atoms with Crippen LogP contribution in [0.5, 0.6) is 5.75 Å². The number of piperazine rings is 1. The minimum Gasteiger partial charge on any atom is -0.493 e. The van der Waals surface area contributed by atoms with Crippen LogP contribution < -0.4 is 15.4 Å². The Balaban J connectivity index is 0.924. The second-order valence-corrected chi connectivity index (χ2v) is 18.9. The Kier molecular flexibility index (Phi) is 13.3. The second-order valence-electron chi connectivity index (χ2n) is 17.6. The van der Waals surface area contributed by atoms with Gasteiger partial charge in [-0.25, -0.2) is 14.2 Å². The molecule has 0 aliphatic carbocycles. The van der Waals surface area contributed by atoms with Crippen LogP contribution in [0, 0.1) is 26.6 Å². The molecule has 4 amide bonds. The number of carbonyl (C=O) groups is 5. The zero-order valence-corrected chi connectivity index (χ0v) is 40.8. The number of nitrogens with zero attached hydrogens (tertiary/aromatic N) is 7. The van der Waals surface area contributed by atoms with E-state index in [0.29, 0.717) is 102 Å². The van der Waals surface area contributed by atoms with Crippen LogP contribution >= 0.6 is 27.5 Å². The van der Waals surface area contributed by atoms with Crippen molar-refractivity contribution >= 4 is 89.8 Å². The van der Waals surface area contributed by atoms with Crippen molar-refractivity contribution in [3.8, 4) is 16.9 Å². The minimum absolute atomic E-state index is 0.0171. The van der Waals surface area contributed by atoms with Crippen molar-refractivity contribution in [2.45, 2.75) is 65.6 Å². The van der Waals surface area contributed by atoms with Crippen molar-refractivity contribution in [1.82, 2.24) is 44.3 Å². The number of aryl methyl sites for hydroxylation is 4. The fourth-order valence-electron chi connectivity index (χ4n) is 9.81. The van der Waals surface area contributed by atoms with Gasteiger partial charge in [0.15, 0.2) is 0 Å². The number of hydrogen-bond acceptors (Lipinski definition) is 9. The molecule has 16 nitrogen and oxygen atoms in total. The minimum atomic E-state index is -1.06. The standard InChI is InChI=1S/C50H50BrClFN9O7/c1-27-43(28(2)58(4)57-27)44-37(52)13-12-35-34(8-6-22-69-40-9-5-7-30-23-32(53)10-11-33(30)40)47(50(67)68)61(46(35)44)21-18-59-16-19-60(20-17-59)42(64)26-62-29(3)54-45-36(24-31(51)25-39(45)62)48(65)55-38-14-15-41(63)56-49(38)66/h5,7,9-13,23-25,38H,6,8,14-22,26H2,1-4H3,(H,55,65)(H,67,68)(H,56,63,66). The molecule has 0 bridgehead atoms. The number of carboxylic acids is 1. The Labute approximate surface area is 409 Å². The van der Waals surface area contributed by atoms with E-state index in [-0.39, 0.29) is 48.3 Å². The molecule has 4 aromatic carbocycles. The highest BCUT2D eigenvalue weighted by molar-refractivity contribution is 9.10. The molecule has 2 aliphatic rings. The molecule has 1 atom stereocenters. The van der Waals surface area contributed by atoms with Gasteiger partial charge in [0, 0.05) is 84.8 Å². The summed E-state index contributed by atoms with van der Waals surface area (Å²) in [5, 5.41) is 23.4. The first kappa shape index (κ1) is 47.4. The van der Waals surface area contributed by atoms with Crippen molar-refractivity contribution in [2.75, 3.05) is 39.3 Å². The fourth-order valence-corrected chi connectivity index (χ4v) is 10.5. The number of aromatic nitrogens is 5. The van der Waals surface area contributed by atoms with Gasteiger partial charge in [0.25, 0.3) is 5.91 Å². The molecule has 19 heteroatoms. The first-order valence-corrected chi connectivity index (χ1v) is 23.9. The summed E-state index contributed by atoms with van der Waals surface area (Å²) >= 11 is 10.6. The number of piperidine rings is 1. The van der Waals surface area contributed by atoms with E-state index in [2.05, 4.69) is 41.5 Å². The number of rotatable bonds is 14. The predicted octanol–water partition coefficient (Wildman–Crippen LogP) is 7.11. The number of amides is 4. The Bertz CT molecular complexity index is 3250. The molecule has 69 heavy (non-hydrogen) atoms. The smallest absolute Gasteiger partial charge is 0.352 e. The first-order chi connectivity index (χ1) is 33.1. The number of hydrogen-bond donors (Lipinski definition) is 3.